The number of aryl methyl sites for hydroxylation is 1. The van der Waals surface area contributed by atoms with Crippen LogP contribution in [0.3, 0.4) is 0 Å². The number of anilines is 1. The van der Waals surface area contributed by atoms with E-state index in [1.165, 1.54) is 12.8 Å². The molecule has 5 nitrogen and oxygen atoms in total. The molecule has 1 unspecified atom stereocenters. The average Bonchev–Trinajstić information content (AvgIpc) is 2.91. The third-order valence-electron chi connectivity index (χ3n) is 3.52. The van der Waals surface area contributed by atoms with Gasteiger partial charge in [0.05, 0.1) is 25.6 Å². The minimum absolute atomic E-state index is 0.136. The van der Waals surface area contributed by atoms with Gasteiger partial charge in [-0.2, -0.15) is 0 Å². The van der Waals surface area contributed by atoms with Crippen molar-refractivity contribution in [2.24, 2.45) is 0 Å². The second kappa shape index (κ2) is 6.73. The summed E-state index contributed by atoms with van der Waals surface area (Å²) in [5, 5.41) is 12.8. The Bertz CT molecular complexity index is 406. The van der Waals surface area contributed by atoms with Crippen LogP contribution in [-0.2, 0) is 0 Å². The number of nitrogens with zero attached hydrogens (tertiary/aromatic N) is 2. The summed E-state index contributed by atoms with van der Waals surface area (Å²) in [6, 6.07) is 2.51. The molecule has 1 fully saturated rings. The van der Waals surface area contributed by atoms with Crippen LogP contribution in [0.2, 0.25) is 0 Å². The molecule has 2 heterocycles. The number of methoxy groups -OCH3 is 1. The van der Waals surface area contributed by atoms with E-state index in [0.717, 1.165) is 30.2 Å². The van der Waals surface area contributed by atoms with Crippen LogP contribution in [0.4, 0.5) is 5.69 Å². The van der Waals surface area contributed by atoms with Gasteiger partial charge in [-0.25, -0.2) is 0 Å². The first-order valence-corrected chi connectivity index (χ1v) is 6.84. The fourth-order valence-electron chi connectivity index (χ4n) is 2.55. The molecule has 0 saturated carbocycles. The van der Waals surface area contributed by atoms with Crippen molar-refractivity contribution in [2.75, 3.05) is 38.3 Å². The maximum absolute atomic E-state index is 9.29. The van der Waals surface area contributed by atoms with Gasteiger partial charge in [0, 0.05) is 24.8 Å². The van der Waals surface area contributed by atoms with E-state index < -0.39 is 0 Å². The summed E-state index contributed by atoms with van der Waals surface area (Å²) in [6.45, 7) is 4.69. The third kappa shape index (κ3) is 3.58. The first kappa shape index (κ1) is 14.1. The summed E-state index contributed by atoms with van der Waals surface area (Å²) >= 11 is 0. The van der Waals surface area contributed by atoms with Gasteiger partial charge in [-0.15, -0.1) is 0 Å². The Kier molecular flexibility index (Phi) is 4.99. The highest BCUT2D eigenvalue weighted by Gasteiger charge is 2.20. The van der Waals surface area contributed by atoms with E-state index in [-0.39, 0.29) is 6.61 Å². The highest BCUT2D eigenvalue weighted by Crippen LogP contribution is 2.28. The molecule has 1 aliphatic heterocycles. The standard InChI is InChI=1S/C14H23N3O2/c1-11-8-13(14(19-2)9-16-11)17(6-7-18)10-12-4-3-5-15-12/h8-9,12,15,18H,3-7,10H2,1-2H3. The van der Waals surface area contributed by atoms with Gasteiger partial charge in [-0.1, -0.05) is 0 Å². The zero-order chi connectivity index (χ0) is 13.7. The van der Waals surface area contributed by atoms with E-state index in [9.17, 15) is 5.11 Å². The second-order valence-corrected chi connectivity index (χ2v) is 4.96. The summed E-state index contributed by atoms with van der Waals surface area (Å²) in [4.78, 5) is 6.43. The molecule has 1 aliphatic rings. The number of rotatable bonds is 6. The number of aliphatic hydroxyl groups is 1. The van der Waals surface area contributed by atoms with Crippen LogP contribution in [0.1, 0.15) is 18.5 Å². The largest absolute Gasteiger partial charge is 0.493 e. The molecule has 0 aliphatic carbocycles. The van der Waals surface area contributed by atoms with Crippen molar-refractivity contribution >= 4 is 5.69 Å². The van der Waals surface area contributed by atoms with Crippen LogP contribution in [0.5, 0.6) is 5.75 Å². The lowest BCUT2D eigenvalue weighted by atomic mass is 10.2. The lowest BCUT2D eigenvalue weighted by molar-refractivity contribution is 0.299. The van der Waals surface area contributed by atoms with Gasteiger partial charge >= 0.3 is 0 Å². The number of ether oxygens (including phenoxy) is 1. The third-order valence-corrected chi connectivity index (χ3v) is 3.52. The lowest BCUT2D eigenvalue weighted by Crippen LogP contribution is -2.39. The molecule has 19 heavy (non-hydrogen) atoms. The summed E-state index contributed by atoms with van der Waals surface area (Å²) < 4.78 is 5.39. The molecular weight excluding hydrogens is 242 g/mol. The Morgan fingerprint density at radius 2 is 2.42 bits per heavy atom. The number of aliphatic hydroxyl groups excluding tert-OH is 1. The number of hydrogen-bond acceptors (Lipinski definition) is 5. The van der Waals surface area contributed by atoms with Gasteiger partial charge in [0.1, 0.15) is 0 Å². The molecule has 2 N–H and O–H groups in total. The zero-order valence-corrected chi connectivity index (χ0v) is 11.7. The number of nitrogens with one attached hydrogen (secondary N) is 1. The topological polar surface area (TPSA) is 57.6 Å². The van der Waals surface area contributed by atoms with E-state index >= 15 is 0 Å². The molecule has 1 saturated heterocycles. The molecule has 1 aromatic rings. The zero-order valence-electron chi connectivity index (χ0n) is 11.7. The van der Waals surface area contributed by atoms with E-state index in [0.29, 0.717) is 12.6 Å². The average molecular weight is 265 g/mol. The van der Waals surface area contributed by atoms with Crippen LogP contribution in [-0.4, -0.2) is 49.5 Å². The molecule has 0 amide bonds. The molecule has 0 bridgehead atoms. The van der Waals surface area contributed by atoms with Crippen molar-refractivity contribution in [2.45, 2.75) is 25.8 Å². The molecule has 106 valence electrons. The first-order valence-electron chi connectivity index (χ1n) is 6.84. The van der Waals surface area contributed by atoms with Crippen LogP contribution < -0.4 is 15.0 Å². The number of pyridine rings is 1. The van der Waals surface area contributed by atoms with Crippen molar-refractivity contribution < 1.29 is 9.84 Å². The van der Waals surface area contributed by atoms with Gasteiger partial charge in [0.2, 0.25) is 0 Å². The quantitative estimate of drug-likeness (QED) is 0.802. The molecule has 2 rings (SSSR count). The summed E-state index contributed by atoms with van der Waals surface area (Å²) in [5.41, 5.74) is 1.97. The summed E-state index contributed by atoms with van der Waals surface area (Å²) in [5.74, 6) is 0.761. The van der Waals surface area contributed by atoms with Crippen molar-refractivity contribution in [3.05, 3.63) is 18.0 Å². The minimum Gasteiger partial charge on any atom is -0.493 e. The van der Waals surface area contributed by atoms with Crippen molar-refractivity contribution in [1.29, 1.82) is 0 Å². The minimum atomic E-state index is 0.136. The van der Waals surface area contributed by atoms with E-state index in [1.54, 1.807) is 13.3 Å². The maximum atomic E-state index is 9.29. The van der Waals surface area contributed by atoms with Crippen LogP contribution >= 0.6 is 0 Å². The predicted octanol–water partition coefficient (Wildman–Crippen LogP) is 0.949. The van der Waals surface area contributed by atoms with Crippen LogP contribution in [0.25, 0.3) is 0 Å². The molecular formula is C14H23N3O2. The molecule has 5 heteroatoms. The Labute approximate surface area is 114 Å². The SMILES string of the molecule is COc1cnc(C)cc1N(CCO)CC1CCCN1. The maximum Gasteiger partial charge on any atom is 0.160 e. The van der Waals surface area contributed by atoms with Gasteiger partial charge in [0.15, 0.2) is 5.75 Å². The Morgan fingerprint density at radius 1 is 1.58 bits per heavy atom. The summed E-state index contributed by atoms with van der Waals surface area (Å²) in [6.07, 6.45) is 4.16. The Hall–Kier alpha value is -1.33. The van der Waals surface area contributed by atoms with Gasteiger partial charge in [0.25, 0.3) is 0 Å². The van der Waals surface area contributed by atoms with E-state index in [2.05, 4.69) is 15.2 Å². The molecule has 0 radical (unpaired) electrons. The normalized spacial score (nSPS) is 18.6. The van der Waals surface area contributed by atoms with Crippen LogP contribution in [0.15, 0.2) is 12.3 Å². The van der Waals surface area contributed by atoms with E-state index in [1.807, 2.05) is 13.0 Å². The Balaban J connectivity index is 2.18. The van der Waals surface area contributed by atoms with E-state index in [4.69, 9.17) is 4.74 Å². The van der Waals surface area contributed by atoms with Gasteiger partial charge in [-0.3, -0.25) is 4.98 Å². The van der Waals surface area contributed by atoms with Crippen molar-refractivity contribution in [3.8, 4) is 5.75 Å². The van der Waals surface area contributed by atoms with Gasteiger partial charge < -0.3 is 20.1 Å². The van der Waals surface area contributed by atoms with Crippen LogP contribution in [0, 0.1) is 6.92 Å². The smallest absolute Gasteiger partial charge is 0.160 e. The second-order valence-electron chi connectivity index (χ2n) is 4.96. The fourth-order valence-corrected chi connectivity index (χ4v) is 2.55. The highest BCUT2D eigenvalue weighted by atomic mass is 16.5. The van der Waals surface area contributed by atoms with Crippen molar-refractivity contribution in [1.82, 2.24) is 10.3 Å². The first-order chi connectivity index (χ1) is 9.24. The molecule has 1 atom stereocenters. The highest BCUT2D eigenvalue weighted by molar-refractivity contribution is 5.58. The Morgan fingerprint density at radius 3 is 3.05 bits per heavy atom. The number of aromatic nitrogens is 1. The molecule has 1 aromatic heterocycles. The molecule has 0 aromatic carbocycles. The fraction of sp³-hybridized carbons (Fsp3) is 0.643. The lowest BCUT2D eigenvalue weighted by Gasteiger charge is -2.28. The van der Waals surface area contributed by atoms with Gasteiger partial charge in [-0.05, 0) is 32.4 Å². The predicted molar refractivity (Wildman–Crippen MR) is 75.8 cm³/mol. The monoisotopic (exact) mass is 265 g/mol. The molecule has 0 spiro atoms. The van der Waals surface area contributed by atoms with Crippen molar-refractivity contribution in [3.63, 3.8) is 0 Å². The number of hydrogen-bond donors (Lipinski definition) is 2. The summed E-state index contributed by atoms with van der Waals surface area (Å²) in [7, 11) is 1.65.